The first-order valence-corrected chi connectivity index (χ1v) is 9.39. The van der Waals surface area contributed by atoms with Crippen molar-refractivity contribution in [3.63, 3.8) is 0 Å². The summed E-state index contributed by atoms with van der Waals surface area (Å²) in [5, 5.41) is 10.1. The highest BCUT2D eigenvalue weighted by Crippen LogP contribution is 2.17. The Hall–Kier alpha value is -1.18. The molecule has 2 N–H and O–H groups in total. The van der Waals surface area contributed by atoms with E-state index in [-0.39, 0.29) is 0 Å². The molecule has 7 heteroatoms. The molecule has 0 spiro atoms. The molecular weight excluding hydrogens is 308 g/mol. The molecular formula is C16H28N6S. The van der Waals surface area contributed by atoms with Crippen molar-refractivity contribution in [3.05, 3.63) is 16.1 Å². The fourth-order valence-electron chi connectivity index (χ4n) is 3.18. The fraction of sp³-hybridized carbons (Fsp3) is 0.750. The number of fused-ring (bicyclic) bond motifs is 3. The van der Waals surface area contributed by atoms with E-state index in [2.05, 4.69) is 49.6 Å². The molecule has 3 saturated heterocycles. The maximum absolute atomic E-state index is 4.66. The molecule has 2 bridgehead atoms. The van der Waals surface area contributed by atoms with Crippen LogP contribution in [0.25, 0.3) is 0 Å². The molecule has 0 radical (unpaired) electrons. The maximum Gasteiger partial charge on any atom is 0.191 e. The SMILES string of the molecule is CN=C(NCc1nc(C(C)C)cs1)NCC1CN2CCN1CC2. The molecule has 4 heterocycles. The van der Waals surface area contributed by atoms with Gasteiger partial charge in [-0.25, -0.2) is 4.98 Å². The largest absolute Gasteiger partial charge is 0.355 e. The Bertz CT molecular complexity index is 532. The Kier molecular flexibility index (Phi) is 5.50. The Labute approximate surface area is 143 Å². The molecule has 1 unspecified atom stereocenters. The molecule has 3 fully saturated rings. The highest BCUT2D eigenvalue weighted by Gasteiger charge is 2.31. The third-order valence-electron chi connectivity index (χ3n) is 4.69. The third-order valence-corrected chi connectivity index (χ3v) is 5.56. The van der Waals surface area contributed by atoms with Gasteiger partial charge in [0, 0.05) is 57.7 Å². The van der Waals surface area contributed by atoms with Crippen molar-refractivity contribution in [2.45, 2.75) is 32.4 Å². The molecule has 3 aliphatic heterocycles. The third kappa shape index (κ3) is 4.22. The minimum absolute atomic E-state index is 0.489. The molecule has 0 amide bonds. The van der Waals surface area contributed by atoms with E-state index in [9.17, 15) is 0 Å². The van der Waals surface area contributed by atoms with Crippen LogP contribution in [-0.2, 0) is 6.54 Å². The molecule has 128 valence electrons. The zero-order valence-electron chi connectivity index (χ0n) is 14.4. The number of hydrogen-bond donors (Lipinski definition) is 2. The average Bonchev–Trinajstić information content (AvgIpc) is 3.05. The van der Waals surface area contributed by atoms with Crippen molar-refractivity contribution in [1.29, 1.82) is 0 Å². The number of guanidine groups is 1. The summed E-state index contributed by atoms with van der Waals surface area (Å²) in [6.45, 7) is 12.1. The van der Waals surface area contributed by atoms with E-state index in [1.807, 2.05) is 7.05 Å². The average molecular weight is 337 g/mol. The maximum atomic E-state index is 4.66. The van der Waals surface area contributed by atoms with Crippen LogP contribution >= 0.6 is 11.3 Å². The van der Waals surface area contributed by atoms with Gasteiger partial charge in [0.1, 0.15) is 5.01 Å². The predicted octanol–water partition coefficient (Wildman–Crippen LogP) is 0.931. The number of aliphatic imine (C=N–C) groups is 1. The Balaban J connectivity index is 1.44. The van der Waals surface area contributed by atoms with Crippen LogP contribution in [-0.4, -0.2) is 73.1 Å². The summed E-state index contributed by atoms with van der Waals surface area (Å²) >= 11 is 1.72. The quantitative estimate of drug-likeness (QED) is 0.619. The first kappa shape index (κ1) is 16.7. The molecule has 4 rings (SSSR count). The lowest BCUT2D eigenvalue weighted by Crippen LogP contribution is -2.63. The van der Waals surface area contributed by atoms with Gasteiger partial charge < -0.3 is 10.6 Å². The van der Waals surface area contributed by atoms with Crippen molar-refractivity contribution in [1.82, 2.24) is 25.4 Å². The van der Waals surface area contributed by atoms with Crippen molar-refractivity contribution in [2.24, 2.45) is 4.99 Å². The van der Waals surface area contributed by atoms with E-state index in [0.29, 0.717) is 12.0 Å². The summed E-state index contributed by atoms with van der Waals surface area (Å²) in [6.07, 6.45) is 0. The Morgan fingerprint density at radius 1 is 1.35 bits per heavy atom. The number of nitrogens with zero attached hydrogens (tertiary/aromatic N) is 4. The molecule has 6 nitrogen and oxygen atoms in total. The Morgan fingerprint density at radius 3 is 2.70 bits per heavy atom. The van der Waals surface area contributed by atoms with Crippen LogP contribution in [0.5, 0.6) is 0 Å². The minimum atomic E-state index is 0.489. The molecule has 0 saturated carbocycles. The summed E-state index contributed by atoms with van der Waals surface area (Å²) in [6, 6.07) is 0.600. The molecule has 3 aliphatic rings. The minimum Gasteiger partial charge on any atom is -0.355 e. The monoisotopic (exact) mass is 336 g/mol. The highest BCUT2D eigenvalue weighted by molar-refractivity contribution is 7.09. The van der Waals surface area contributed by atoms with Gasteiger partial charge >= 0.3 is 0 Å². The standard InChI is InChI=1S/C16H28N6S/c1-12(2)14-11-23-15(20-14)9-19-16(17-3)18-8-13-10-21-4-6-22(13)7-5-21/h11-13H,4-10H2,1-3H3,(H2,17,18,19). The molecule has 1 atom stereocenters. The van der Waals surface area contributed by atoms with E-state index < -0.39 is 0 Å². The van der Waals surface area contributed by atoms with E-state index in [0.717, 1.165) is 24.1 Å². The molecule has 0 aliphatic carbocycles. The van der Waals surface area contributed by atoms with Crippen molar-refractivity contribution < 1.29 is 0 Å². The second-order valence-corrected chi connectivity index (χ2v) is 7.56. The molecule has 1 aromatic rings. The van der Waals surface area contributed by atoms with Gasteiger partial charge in [0.2, 0.25) is 0 Å². The number of rotatable bonds is 5. The van der Waals surface area contributed by atoms with Crippen LogP contribution in [0, 0.1) is 0 Å². The molecule has 0 aromatic carbocycles. The summed E-state index contributed by atoms with van der Waals surface area (Å²) in [5.41, 5.74) is 1.18. The first-order valence-electron chi connectivity index (χ1n) is 8.51. The van der Waals surface area contributed by atoms with Crippen molar-refractivity contribution in [3.8, 4) is 0 Å². The number of piperazine rings is 3. The number of nitrogens with one attached hydrogen (secondary N) is 2. The highest BCUT2D eigenvalue weighted by atomic mass is 32.1. The summed E-state index contributed by atoms with van der Waals surface area (Å²) < 4.78 is 0. The van der Waals surface area contributed by atoms with Gasteiger partial charge in [-0.05, 0) is 5.92 Å². The normalized spacial score (nSPS) is 27.5. The van der Waals surface area contributed by atoms with E-state index >= 15 is 0 Å². The second-order valence-electron chi connectivity index (χ2n) is 6.62. The lowest BCUT2D eigenvalue weighted by Gasteiger charge is -2.47. The molecule has 23 heavy (non-hydrogen) atoms. The first-order chi connectivity index (χ1) is 11.2. The zero-order chi connectivity index (χ0) is 16.2. The van der Waals surface area contributed by atoms with Crippen LogP contribution < -0.4 is 10.6 Å². The fourth-order valence-corrected chi connectivity index (χ4v) is 4.08. The second kappa shape index (κ2) is 7.59. The van der Waals surface area contributed by atoms with Crippen LogP contribution in [0.1, 0.15) is 30.5 Å². The topological polar surface area (TPSA) is 55.8 Å². The predicted molar refractivity (Wildman–Crippen MR) is 96.2 cm³/mol. The summed E-state index contributed by atoms with van der Waals surface area (Å²) in [7, 11) is 1.83. The van der Waals surface area contributed by atoms with Gasteiger partial charge in [0.15, 0.2) is 5.96 Å². The van der Waals surface area contributed by atoms with Gasteiger partial charge in [-0.15, -0.1) is 11.3 Å². The zero-order valence-corrected chi connectivity index (χ0v) is 15.2. The van der Waals surface area contributed by atoms with Crippen LogP contribution in [0.15, 0.2) is 10.4 Å². The molecule has 1 aromatic heterocycles. The van der Waals surface area contributed by atoms with E-state index in [1.54, 1.807) is 11.3 Å². The summed E-state index contributed by atoms with van der Waals surface area (Å²) in [5.74, 6) is 1.35. The van der Waals surface area contributed by atoms with E-state index in [1.165, 1.54) is 38.4 Å². The van der Waals surface area contributed by atoms with Gasteiger partial charge in [0.05, 0.1) is 12.2 Å². The van der Waals surface area contributed by atoms with Gasteiger partial charge in [0.25, 0.3) is 0 Å². The van der Waals surface area contributed by atoms with Crippen LogP contribution in [0.4, 0.5) is 0 Å². The van der Waals surface area contributed by atoms with Gasteiger partial charge in [-0.3, -0.25) is 14.8 Å². The lowest BCUT2D eigenvalue weighted by atomic mass is 10.1. The van der Waals surface area contributed by atoms with Crippen molar-refractivity contribution >= 4 is 17.3 Å². The lowest BCUT2D eigenvalue weighted by molar-refractivity contribution is 0.0154. The van der Waals surface area contributed by atoms with E-state index in [4.69, 9.17) is 0 Å². The smallest absolute Gasteiger partial charge is 0.191 e. The van der Waals surface area contributed by atoms with Crippen molar-refractivity contribution in [2.75, 3.05) is 46.3 Å². The summed E-state index contributed by atoms with van der Waals surface area (Å²) in [4.78, 5) is 14.1. The van der Waals surface area contributed by atoms with Gasteiger partial charge in [-0.2, -0.15) is 0 Å². The number of aromatic nitrogens is 1. The van der Waals surface area contributed by atoms with Gasteiger partial charge in [-0.1, -0.05) is 13.8 Å². The number of thiazole rings is 1. The van der Waals surface area contributed by atoms with Crippen LogP contribution in [0.3, 0.4) is 0 Å². The number of hydrogen-bond acceptors (Lipinski definition) is 5. The Morgan fingerprint density at radius 2 is 2.13 bits per heavy atom. The van der Waals surface area contributed by atoms with Crippen LogP contribution in [0.2, 0.25) is 0 Å².